The zero-order valence-electron chi connectivity index (χ0n) is 13.9. The zero-order valence-corrected chi connectivity index (χ0v) is 13.9. The highest BCUT2D eigenvalue weighted by atomic mass is 16.5. The monoisotopic (exact) mass is 313 g/mol. The molecular formula is C18H23N3O2. The summed E-state index contributed by atoms with van der Waals surface area (Å²) in [6.07, 6.45) is 5.99. The van der Waals surface area contributed by atoms with Gasteiger partial charge in [0.05, 0.1) is 19.2 Å². The van der Waals surface area contributed by atoms with Crippen LogP contribution in [0.4, 0.5) is 0 Å². The largest absolute Gasteiger partial charge is 0.497 e. The van der Waals surface area contributed by atoms with Gasteiger partial charge in [-0.2, -0.15) is 5.10 Å². The third kappa shape index (κ3) is 3.55. The van der Waals surface area contributed by atoms with Crippen LogP contribution in [0.1, 0.15) is 36.8 Å². The zero-order chi connectivity index (χ0) is 16.4. The minimum Gasteiger partial charge on any atom is -0.497 e. The van der Waals surface area contributed by atoms with Crippen molar-refractivity contribution in [2.75, 3.05) is 7.11 Å². The van der Waals surface area contributed by atoms with Crippen molar-refractivity contribution in [3.05, 3.63) is 47.8 Å². The van der Waals surface area contributed by atoms with E-state index in [1.807, 2.05) is 55.5 Å². The molecular weight excluding hydrogens is 290 g/mol. The molecule has 23 heavy (non-hydrogen) atoms. The maximum absolute atomic E-state index is 13.0. The molecule has 1 unspecified atom stereocenters. The van der Waals surface area contributed by atoms with E-state index in [-0.39, 0.29) is 11.8 Å². The van der Waals surface area contributed by atoms with Gasteiger partial charge in [-0.1, -0.05) is 12.1 Å². The summed E-state index contributed by atoms with van der Waals surface area (Å²) in [5.41, 5.74) is 2.07. The lowest BCUT2D eigenvalue weighted by atomic mass is 9.99. The quantitative estimate of drug-likeness (QED) is 0.824. The Kier molecular flexibility index (Phi) is 4.37. The number of carbonyl (C=O) groups is 1. The Hall–Kier alpha value is -2.30. The van der Waals surface area contributed by atoms with Gasteiger partial charge in [0.25, 0.3) is 0 Å². The van der Waals surface area contributed by atoms with Crippen molar-refractivity contribution < 1.29 is 9.53 Å². The SMILES string of the molecule is COc1cccc(C(C)C(=O)N(Cc2cnn(C)c2)C2CC2)c1. The summed E-state index contributed by atoms with van der Waals surface area (Å²) in [5.74, 6) is 0.777. The van der Waals surface area contributed by atoms with E-state index in [4.69, 9.17) is 4.74 Å². The number of amides is 1. The van der Waals surface area contributed by atoms with Crippen LogP contribution >= 0.6 is 0 Å². The van der Waals surface area contributed by atoms with Crippen molar-refractivity contribution in [3.63, 3.8) is 0 Å². The molecule has 0 bridgehead atoms. The average Bonchev–Trinajstić information content (AvgIpc) is 3.33. The second kappa shape index (κ2) is 6.44. The van der Waals surface area contributed by atoms with E-state index in [0.717, 1.165) is 29.7 Å². The third-order valence-corrected chi connectivity index (χ3v) is 4.35. The fourth-order valence-corrected chi connectivity index (χ4v) is 2.83. The molecule has 1 amide bonds. The molecule has 0 aliphatic heterocycles. The highest BCUT2D eigenvalue weighted by Gasteiger charge is 2.35. The van der Waals surface area contributed by atoms with Crippen LogP contribution in [0.5, 0.6) is 5.75 Å². The van der Waals surface area contributed by atoms with Gasteiger partial charge in [-0.25, -0.2) is 0 Å². The third-order valence-electron chi connectivity index (χ3n) is 4.35. The second-order valence-corrected chi connectivity index (χ2v) is 6.22. The van der Waals surface area contributed by atoms with Gasteiger partial charge in [0.15, 0.2) is 0 Å². The van der Waals surface area contributed by atoms with Gasteiger partial charge in [0, 0.05) is 31.4 Å². The molecule has 1 aliphatic rings. The van der Waals surface area contributed by atoms with Gasteiger partial charge in [-0.3, -0.25) is 9.48 Å². The Morgan fingerprint density at radius 2 is 2.26 bits per heavy atom. The van der Waals surface area contributed by atoms with Gasteiger partial charge < -0.3 is 9.64 Å². The number of rotatable bonds is 6. The number of ether oxygens (including phenoxy) is 1. The van der Waals surface area contributed by atoms with E-state index in [0.29, 0.717) is 12.6 Å². The van der Waals surface area contributed by atoms with Crippen LogP contribution in [0, 0.1) is 0 Å². The Morgan fingerprint density at radius 3 is 2.87 bits per heavy atom. The lowest BCUT2D eigenvalue weighted by Crippen LogP contribution is -2.35. The summed E-state index contributed by atoms with van der Waals surface area (Å²) in [4.78, 5) is 15.0. The fourth-order valence-electron chi connectivity index (χ4n) is 2.83. The Morgan fingerprint density at radius 1 is 1.48 bits per heavy atom. The number of benzene rings is 1. The normalized spacial score (nSPS) is 15.3. The first kappa shape index (κ1) is 15.6. The standard InChI is InChI=1S/C18H23N3O2/c1-13(15-5-4-6-17(9-15)23-3)18(22)21(16-7-8-16)12-14-10-19-20(2)11-14/h4-6,9-11,13,16H,7-8,12H2,1-3H3. The predicted molar refractivity (Wildman–Crippen MR) is 88.2 cm³/mol. The van der Waals surface area contributed by atoms with Gasteiger partial charge in [0.2, 0.25) is 5.91 Å². The number of aromatic nitrogens is 2. The fraction of sp³-hybridized carbons (Fsp3) is 0.444. The van der Waals surface area contributed by atoms with Gasteiger partial charge in [-0.15, -0.1) is 0 Å². The molecule has 122 valence electrons. The Labute approximate surface area is 136 Å². The lowest BCUT2D eigenvalue weighted by Gasteiger charge is -2.25. The summed E-state index contributed by atoms with van der Waals surface area (Å²) < 4.78 is 7.04. The van der Waals surface area contributed by atoms with E-state index in [1.165, 1.54) is 0 Å². The Bertz CT molecular complexity index is 691. The van der Waals surface area contributed by atoms with E-state index < -0.39 is 0 Å². The summed E-state index contributed by atoms with van der Waals surface area (Å²) >= 11 is 0. The van der Waals surface area contributed by atoms with E-state index in [9.17, 15) is 4.79 Å². The second-order valence-electron chi connectivity index (χ2n) is 6.22. The molecule has 1 saturated carbocycles. The number of hydrogen-bond acceptors (Lipinski definition) is 3. The molecule has 0 spiro atoms. The van der Waals surface area contributed by atoms with Crippen molar-refractivity contribution in [2.45, 2.75) is 38.3 Å². The Balaban J connectivity index is 1.77. The summed E-state index contributed by atoms with van der Waals surface area (Å²) in [6, 6.07) is 8.13. The van der Waals surface area contributed by atoms with Crippen molar-refractivity contribution in [2.24, 2.45) is 7.05 Å². The van der Waals surface area contributed by atoms with E-state index >= 15 is 0 Å². The highest BCUT2D eigenvalue weighted by Crippen LogP contribution is 2.32. The molecule has 1 aromatic carbocycles. The first-order chi connectivity index (χ1) is 11.1. The summed E-state index contributed by atoms with van der Waals surface area (Å²) in [7, 11) is 3.54. The average molecular weight is 313 g/mol. The predicted octanol–water partition coefficient (Wildman–Crippen LogP) is 2.72. The topological polar surface area (TPSA) is 47.4 Å². The van der Waals surface area contributed by atoms with Crippen LogP contribution in [0.25, 0.3) is 0 Å². The summed E-state index contributed by atoms with van der Waals surface area (Å²) in [6.45, 7) is 2.60. The smallest absolute Gasteiger partial charge is 0.230 e. The molecule has 1 aromatic heterocycles. The van der Waals surface area contributed by atoms with Crippen LogP contribution in [0.2, 0.25) is 0 Å². The molecule has 1 atom stereocenters. The lowest BCUT2D eigenvalue weighted by molar-refractivity contribution is -0.133. The van der Waals surface area contributed by atoms with Crippen LogP contribution in [0.3, 0.4) is 0 Å². The molecule has 3 rings (SSSR count). The van der Waals surface area contributed by atoms with E-state index in [2.05, 4.69) is 5.10 Å². The van der Waals surface area contributed by atoms with Crippen LogP contribution in [-0.2, 0) is 18.4 Å². The van der Waals surface area contributed by atoms with Crippen molar-refractivity contribution in [1.82, 2.24) is 14.7 Å². The molecule has 0 radical (unpaired) electrons. The molecule has 2 aromatic rings. The molecule has 5 nitrogen and oxygen atoms in total. The maximum atomic E-state index is 13.0. The number of methoxy groups -OCH3 is 1. The van der Waals surface area contributed by atoms with Crippen LogP contribution in [-0.4, -0.2) is 33.7 Å². The highest BCUT2D eigenvalue weighted by molar-refractivity contribution is 5.84. The molecule has 0 N–H and O–H groups in total. The minimum absolute atomic E-state index is 0.171. The first-order valence-corrected chi connectivity index (χ1v) is 8.00. The van der Waals surface area contributed by atoms with Crippen LogP contribution in [0.15, 0.2) is 36.7 Å². The number of aryl methyl sites for hydroxylation is 1. The van der Waals surface area contributed by atoms with Gasteiger partial charge >= 0.3 is 0 Å². The molecule has 5 heteroatoms. The summed E-state index contributed by atoms with van der Waals surface area (Å²) in [5, 5.41) is 4.20. The van der Waals surface area contributed by atoms with Crippen molar-refractivity contribution in [1.29, 1.82) is 0 Å². The van der Waals surface area contributed by atoms with Gasteiger partial charge in [0.1, 0.15) is 5.75 Å². The van der Waals surface area contributed by atoms with Crippen molar-refractivity contribution in [3.8, 4) is 5.75 Å². The van der Waals surface area contributed by atoms with Crippen molar-refractivity contribution >= 4 is 5.91 Å². The maximum Gasteiger partial charge on any atom is 0.230 e. The first-order valence-electron chi connectivity index (χ1n) is 8.00. The molecule has 1 heterocycles. The van der Waals surface area contributed by atoms with E-state index in [1.54, 1.807) is 11.8 Å². The molecule has 0 saturated heterocycles. The number of carbonyl (C=O) groups excluding carboxylic acids is 1. The van der Waals surface area contributed by atoms with Gasteiger partial charge in [-0.05, 0) is 37.5 Å². The number of hydrogen-bond donors (Lipinski definition) is 0. The van der Waals surface area contributed by atoms with Crippen LogP contribution < -0.4 is 4.74 Å². The minimum atomic E-state index is -0.178. The molecule has 1 aliphatic carbocycles. The number of nitrogens with zero attached hydrogens (tertiary/aromatic N) is 3. The molecule has 1 fully saturated rings.